The summed E-state index contributed by atoms with van der Waals surface area (Å²) in [7, 11) is 0. The molecule has 11 heavy (non-hydrogen) atoms. The van der Waals surface area contributed by atoms with E-state index >= 15 is 0 Å². The molecule has 0 saturated carbocycles. The Balaban J connectivity index is 0. The van der Waals surface area contributed by atoms with Crippen LogP contribution in [0.25, 0.3) is 0 Å². The number of aliphatic hydroxyl groups is 2. The fourth-order valence-corrected chi connectivity index (χ4v) is 0.216. The van der Waals surface area contributed by atoms with Crippen LogP contribution in [0.1, 0.15) is 13.8 Å². The van der Waals surface area contributed by atoms with Gasteiger partial charge in [0, 0.05) is 0 Å². The Morgan fingerprint density at radius 1 is 1.00 bits per heavy atom. The van der Waals surface area contributed by atoms with E-state index in [-0.39, 0.29) is 26.4 Å². The maximum absolute atomic E-state index is 8.15. The highest BCUT2D eigenvalue weighted by molar-refractivity contribution is 4.16. The van der Waals surface area contributed by atoms with E-state index in [0.717, 1.165) is 0 Å². The number of aliphatic hydroxyl groups excluding tert-OH is 2. The molecule has 0 bridgehead atoms. The van der Waals surface area contributed by atoms with Crippen LogP contribution in [0.5, 0.6) is 0 Å². The first-order chi connectivity index (χ1) is 5.41. The van der Waals surface area contributed by atoms with Crippen LogP contribution in [-0.2, 0) is 9.68 Å². The van der Waals surface area contributed by atoms with Crippen LogP contribution in [-0.4, -0.2) is 36.6 Å². The lowest BCUT2D eigenvalue weighted by molar-refractivity contribution is -0.178. The molecule has 0 aromatic rings. The summed E-state index contributed by atoms with van der Waals surface area (Å²) in [5, 5.41) is 16.3. The van der Waals surface area contributed by atoms with Gasteiger partial charge < -0.3 is 10.2 Å². The van der Waals surface area contributed by atoms with E-state index in [0.29, 0.717) is 0 Å². The van der Waals surface area contributed by atoms with Gasteiger partial charge in [0.05, 0.1) is 26.4 Å². The molecule has 0 unspecified atom stereocenters. The van der Waals surface area contributed by atoms with Crippen LogP contribution in [0.15, 0.2) is 0 Å². The zero-order valence-electron chi connectivity index (χ0n) is 7.04. The molecule has 0 aliphatic rings. The second-order valence-electron chi connectivity index (χ2n) is 1.23. The van der Waals surface area contributed by atoms with Crippen LogP contribution in [0, 0.1) is 0 Å². The number of hydrogen-bond donors (Lipinski definition) is 3. The van der Waals surface area contributed by atoms with Gasteiger partial charge in [0.15, 0.2) is 0 Å². The molecule has 0 amide bonds. The van der Waals surface area contributed by atoms with Gasteiger partial charge >= 0.3 is 0 Å². The third-order valence-corrected chi connectivity index (χ3v) is 0.505. The average Bonchev–Trinajstić information content (AvgIpc) is 2.08. The maximum atomic E-state index is 8.15. The molecule has 0 saturated heterocycles. The normalized spacial score (nSPS) is 8.73. The number of nitrogens with one attached hydrogen (secondary N) is 1. The summed E-state index contributed by atoms with van der Waals surface area (Å²) in [6.07, 6.45) is 0. The van der Waals surface area contributed by atoms with E-state index < -0.39 is 0 Å². The van der Waals surface area contributed by atoms with Crippen molar-refractivity contribution in [3.05, 3.63) is 0 Å². The summed E-state index contributed by atoms with van der Waals surface area (Å²) in [6.45, 7) is 4.22. The third-order valence-electron chi connectivity index (χ3n) is 0.505. The molecular weight excluding hydrogens is 150 g/mol. The van der Waals surface area contributed by atoms with Crippen molar-refractivity contribution in [3.8, 4) is 0 Å². The molecule has 0 aliphatic carbocycles. The molecule has 0 rings (SSSR count). The van der Waals surface area contributed by atoms with Crippen LogP contribution in [0.2, 0.25) is 0 Å². The van der Waals surface area contributed by atoms with Crippen molar-refractivity contribution in [1.82, 2.24) is 5.64 Å². The van der Waals surface area contributed by atoms with E-state index in [1.165, 1.54) is 0 Å². The van der Waals surface area contributed by atoms with Crippen molar-refractivity contribution in [1.29, 1.82) is 0 Å². The fourth-order valence-electron chi connectivity index (χ4n) is 0.216. The van der Waals surface area contributed by atoms with Gasteiger partial charge in [0.1, 0.15) is 0 Å². The Morgan fingerprint density at radius 3 is 1.64 bits per heavy atom. The van der Waals surface area contributed by atoms with Crippen LogP contribution in [0.4, 0.5) is 0 Å². The number of hydrogen-bond acceptors (Lipinski definition) is 5. The van der Waals surface area contributed by atoms with Gasteiger partial charge in [-0.2, -0.15) is 0 Å². The highest BCUT2D eigenvalue weighted by atomic mass is 16.9. The molecule has 0 atom stereocenters. The molecule has 0 aliphatic heterocycles. The van der Waals surface area contributed by atoms with E-state index in [9.17, 15) is 0 Å². The van der Waals surface area contributed by atoms with Gasteiger partial charge in [-0.25, -0.2) is 0 Å². The lowest BCUT2D eigenvalue weighted by Gasteiger charge is -2.01. The Morgan fingerprint density at radius 2 is 1.36 bits per heavy atom. The first-order valence-corrected chi connectivity index (χ1v) is 3.62. The van der Waals surface area contributed by atoms with Gasteiger partial charge in [-0.3, -0.25) is 9.68 Å². The molecule has 0 aromatic heterocycles. The Hall–Kier alpha value is -0.200. The predicted molar refractivity (Wildman–Crippen MR) is 40.6 cm³/mol. The highest BCUT2D eigenvalue weighted by Crippen LogP contribution is 1.67. The summed E-state index contributed by atoms with van der Waals surface area (Å²) in [5.74, 6) is 0. The molecule has 0 heterocycles. The minimum Gasteiger partial charge on any atom is -0.394 e. The summed E-state index contributed by atoms with van der Waals surface area (Å²) >= 11 is 0. The fraction of sp³-hybridized carbons (Fsp3) is 1.00. The van der Waals surface area contributed by atoms with Gasteiger partial charge in [-0.15, -0.1) is 0 Å². The second-order valence-corrected chi connectivity index (χ2v) is 1.23. The van der Waals surface area contributed by atoms with Crippen molar-refractivity contribution >= 4 is 0 Å². The topological polar surface area (TPSA) is 71.0 Å². The molecule has 5 heteroatoms. The zero-order valence-corrected chi connectivity index (χ0v) is 7.04. The largest absolute Gasteiger partial charge is 0.394 e. The van der Waals surface area contributed by atoms with Gasteiger partial charge in [0.25, 0.3) is 0 Å². The molecule has 0 radical (unpaired) electrons. The first kappa shape index (κ1) is 13.4. The quantitative estimate of drug-likeness (QED) is 0.366. The summed E-state index contributed by atoms with van der Waals surface area (Å²) in [4.78, 5) is 8.90. The monoisotopic (exact) mass is 167 g/mol. The molecular formula is C6H17NO4. The van der Waals surface area contributed by atoms with Crippen molar-refractivity contribution in [3.63, 3.8) is 0 Å². The average molecular weight is 167 g/mol. The van der Waals surface area contributed by atoms with Crippen molar-refractivity contribution in [2.75, 3.05) is 26.4 Å². The van der Waals surface area contributed by atoms with Crippen LogP contribution >= 0.6 is 0 Å². The second kappa shape index (κ2) is 16.4. The molecule has 5 nitrogen and oxygen atoms in total. The van der Waals surface area contributed by atoms with E-state index in [2.05, 4.69) is 15.3 Å². The van der Waals surface area contributed by atoms with E-state index in [1.54, 1.807) is 0 Å². The van der Waals surface area contributed by atoms with Crippen molar-refractivity contribution < 1.29 is 19.9 Å². The molecule has 0 aromatic carbocycles. The molecule has 0 fully saturated rings. The van der Waals surface area contributed by atoms with Crippen molar-refractivity contribution in [2.24, 2.45) is 0 Å². The Labute approximate surface area is 66.8 Å². The van der Waals surface area contributed by atoms with Gasteiger partial charge in [-0.05, 0) is 0 Å². The third kappa shape index (κ3) is 17.7. The van der Waals surface area contributed by atoms with Crippen molar-refractivity contribution in [2.45, 2.75) is 13.8 Å². The lowest BCUT2D eigenvalue weighted by Crippen LogP contribution is -2.19. The SMILES string of the molecule is CC.OCCONOCCO. The smallest absolute Gasteiger partial charge is 0.0940 e. The van der Waals surface area contributed by atoms with Crippen LogP contribution < -0.4 is 5.64 Å². The standard InChI is InChI=1S/C4H11NO4.C2H6/c6-1-3-8-5-9-4-2-7;1-2/h5-7H,1-4H2;1-2H3. The highest BCUT2D eigenvalue weighted by Gasteiger charge is 1.83. The maximum Gasteiger partial charge on any atom is 0.0940 e. The molecule has 3 N–H and O–H groups in total. The summed E-state index contributed by atoms with van der Waals surface area (Å²) in [5.41, 5.74) is 2.07. The van der Waals surface area contributed by atoms with Gasteiger partial charge in [-0.1, -0.05) is 19.5 Å². The summed E-state index contributed by atoms with van der Waals surface area (Å²) < 4.78 is 0. The minimum atomic E-state index is -0.0600. The van der Waals surface area contributed by atoms with E-state index in [1.807, 2.05) is 13.8 Å². The number of rotatable bonds is 6. The zero-order chi connectivity index (χ0) is 8.95. The predicted octanol–water partition coefficient (Wildman–Crippen LogP) is -0.550. The van der Waals surface area contributed by atoms with Gasteiger partial charge in [0.2, 0.25) is 0 Å². The lowest BCUT2D eigenvalue weighted by atomic mass is 10.8. The summed E-state index contributed by atoms with van der Waals surface area (Å²) in [6, 6.07) is 0. The Kier molecular flexibility index (Phi) is 20.0. The Bertz CT molecular complexity index is 47.8. The molecule has 0 spiro atoms. The first-order valence-electron chi connectivity index (χ1n) is 3.62. The molecule has 70 valence electrons. The van der Waals surface area contributed by atoms with E-state index in [4.69, 9.17) is 10.2 Å². The minimum absolute atomic E-state index is 0.0600. The van der Waals surface area contributed by atoms with Crippen LogP contribution in [0.3, 0.4) is 0 Å².